The molecule has 0 saturated carbocycles. The van der Waals surface area contributed by atoms with E-state index in [2.05, 4.69) is 28.8 Å². The van der Waals surface area contributed by atoms with Crippen LogP contribution in [0.3, 0.4) is 0 Å². The minimum atomic E-state index is 0.756. The van der Waals surface area contributed by atoms with Gasteiger partial charge in [-0.1, -0.05) is 42.5 Å². The van der Waals surface area contributed by atoms with E-state index in [0.717, 1.165) is 55.0 Å². The lowest BCUT2D eigenvalue weighted by Gasteiger charge is -2.02. The monoisotopic (exact) mass is 476 g/mol. The Bertz CT molecular complexity index is 1410. The Balaban J connectivity index is 1.38. The summed E-state index contributed by atoms with van der Waals surface area (Å²) in [5, 5.41) is 28.7. The first kappa shape index (κ1) is 21.4. The molecule has 5 rings (SSSR count). The van der Waals surface area contributed by atoms with Crippen LogP contribution in [0.15, 0.2) is 83.6 Å². The minimum Gasteiger partial charge on any atom is -0.293 e. The molecule has 2 N–H and O–H groups in total. The predicted molar refractivity (Wildman–Crippen MR) is 138 cm³/mol. The molecular weight excluding hydrogens is 460 g/mol. The van der Waals surface area contributed by atoms with Crippen LogP contribution in [0, 0.1) is 22.9 Å². The predicted octanol–water partition coefficient (Wildman–Crippen LogP) is 7.05. The summed E-state index contributed by atoms with van der Waals surface area (Å²) >= 11 is 3.20. The highest BCUT2D eigenvalue weighted by Crippen LogP contribution is 2.34. The van der Waals surface area contributed by atoms with Gasteiger partial charge in [0, 0.05) is 44.4 Å². The SMILES string of the molecule is N#CNc1ccc(-c2csc(-c3cccc(-c4nc(-c5ccc(NC#N)cc5)cs4)c3)n2)cc1. The van der Waals surface area contributed by atoms with E-state index in [1.54, 1.807) is 22.7 Å². The van der Waals surface area contributed by atoms with E-state index in [9.17, 15) is 0 Å². The van der Waals surface area contributed by atoms with Gasteiger partial charge in [-0.15, -0.1) is 22.7 Å². The van der Waals surface area contributed by atoms with Crippen LogP contribution in [0.2, 0.25) is 0 Å². The Kier molecular flexibility index (Phi) is 6.00. The lowest BCUT2D eigenvalue weighted by molar-refractivity contribution is 1.38. The zero-order chi connectivity index (χ0) is 23.3. The van der Waals surface area contributed by atoms with Crippen molar-refractivity contribution in [2.45, 2.75) is 0 Å². The van der Waals surface area contributed by atoms with E-state index >= 15 is 0 Å². The molecule has 0 spiro atoms. The van der Waals surface area contributed by atoms with Gasteiger partial charge in [0.05, 0.1) is 11.4 Å². The molecule has 34 heavy (non-hydrogen) atoms. The molecule has 0 atom stereocenters. The summed E-state index contributed by atoms with van der Waals surface area (Å²) in [5.41, 5.74) is 7.41. The van der Waals surface area contributed by atoms with Crippen molar-refractivity contribution in [3.63, 3.8) is 0 Å². The van der Waals surface area contributed by atoms with Crippen LogP contribution in [0.25, 0.3) is 43.7 Å². The van der Waals surface area contributed by atoms with Crippen molar-refractivity contribution in [1.82, 2.24) is 9.97 Å². The third-order valence-corrected chi connectivity index (χ3v) is 6.91. The summed E-state index contributed by atoms with van der Waals surface area (Å²) in [6.07, 6.45) is 3.85. The molecule has 0 aliphatic heterocycles. The van der Waals surface area contributed by atoms with Gasteiger partial charge in [-0.3, -0.25) is 10.6 Å². The molecule has 0 aliphatic carbocycles. The number of hydrogen-bond acceptors (Lipinski definition) is 8. The Hall–Kier alpha value is -4.50. The maximum absolute atomic E-state index is 8.74. The van der Waals surface area contributed by atoms with Crippen LogP contribution in [-0.4, -0.2) is 9.97 Å². The smallest absolute Gasteiger partial charge is 0.181 e. The first-order chi connectivity index (χ1) is 16.7. The number of benzene rings is 3. The number of hydrogen-bond donors (Lipinski definition) is 2. The number of nitrogens with zero attached hydrogens (tertiary/aromatic N) is 4. The molecule has 0 fully saturated rings. The zero-order valence-corrected chi connectivity index (χ0v) is 19.3. The largest absolute Gasteiger partial charge is 0.293 e. The third kappa shape index (κ3) is 4.50. The summed E-state index contributed by atoms with van der Waals surface area (Å²) in [5.74, 6) is 0. The van der Waals surface area contributed by atoms with Gasteiger partial charge in [-0.25, -0.2) is 9.97 Å². The van der Waals surface area contributed by atoms with Gasteiger partial charge in [0.25, 0.3) is 0 Å². The molecule has 0 aliphatic rings. The zero-order valence-electron chi connectivity index (χ0n) is 17.7. The number of anilines is 2. The number of aromatic nitrogens is 2. The summed E-state index contributed by atoms with van der Waals surface area (Å²) in [7, 11) is 0. The molecule has 0 amide bonds. The summed E-state index contributed by atoms with van der Waals surface area (Å²) in [4.78, 5) is 9.65. The Morgan fingerprint density at radius 2 is 1.03 bits per heavy atom. The van der Waals surface area contributed by atoms with Crippen molar-refractivity contribution in [1.29, 1.82) is 10.5 Å². The van der Waals surface area contributed by atoms with E-state index in [1.807, 2.05) is 77.7 Å². The molecule has 0 radical (unpaired) electrons. The van der Waals surface area contributed by atoms with Crippen LogP contribution >= 0.6 is 22.7 Å². The van der Waals surface area contributed by atoms with Gasteiger partial charge < -0.3 is 0 Å². The first-order valence-electron chi connectivity index (χ1n) is 10.3. The van der Waals surface area contributed by atoms with Gasteiger partial charge >= 0.3 is 0 Å². The highest BCUT2D eigenvalue weighted by molar-refractivity contribution is 7.14. The van der Waals surface area contributed by atoms with Crippen molar-refractivity contribution >= 4 is 34.0 Å². The van der Waals surface area contributed by atoms with Crippen molar-refractivity contribution in [3.05, 3.63) is 83.6 Å². The maximum Gasteiger partial charge on any atom is 0.181 e. The van der Waals surface area contributed by atoms with Gasteiger partial charge in [0.15, 0.2) is 12.4 Å². The van der Waals surface area contributed by atoms with Gasteiger partial charge in [0.2, 0.25) is 0 Å². The van der Waals surface area contributed by atoms with Gasteiger partial charge in [-0.2, -0.15) is 10.5 Å². The molecule has 3 aromatic carbocycles. The number of nitrogens with one attached hydrogen (secondary N) is 2. The van der Waals surface area contributed by atoms with Crippen LogP contribution in [0.1, 0.15) is 0 Å². The molecule has 0 saturated heterocycles. The third-order valence-electron chi connectivity index (χ3n) is 5.13. The highest BCUT2D eigenvalue weighted by Gasteiger charge is 2.11. The fourth-order valence-electron chi connectivity index (χ4n) is 3.44. The molecule has 5 aromatic rings. The Labute approximate surface area is 204 Å². The van der Waals surface area contributed by atoms with E-state index in [4.69, 9.17) is 20.5 Å². The molecular formula is C26H16N6S2. The van der Waals surface area contributed by atoms with Gasteiger partial charge in [-0.05, 0) is 30.3 Å². The molecule has 162 valence electrons. The quantitative estimate of drug-likeness (QED) is 0.201. The Morgan fingerprint density at radius 3 is 1.44 bits per heavy atom. The van der Waals surface area contributed by atoms with Crippen molar-refractivity contribution < 1.29 is 0 Å². The molecule has 6 nitrogen and oxygen atoms in total. The number of nitriles is 2. The van der Waals surface area contributed by atoms with E-state index < -0.39 is 0 Å². The summed E-state index contributed by atoms with van der Waals surface area (Å²) in [6, 6.07) is 23.5. The van der Waals surface area contributed by atoms with Crippen molar-refractivity contribution in [2.24, 2.45) is 0 Å². The second kappa shape index (κ2) is 9.55. The molecule has 0 bridgehead atoms. The second-order valence-corrected chi connectivity index (χ2v) is 9.00. The highest BCUT2D eigenvalue weighted by atomic mass is 32.1. The maximum atomic E-state index is 8.74. The topological polar surface area (TPSA) is 97.4 Å². The van der Waals surface area contributed by atoms with E-state index in [0.29, 0.717) is 0 Å². The van der Waals surface area contributed by atoms with E-state index in [1.165, 1.54) is 0 Å². The summed E-state index contributed by atoms with van der Waals surface area (Å²) < 4.78 is 0. The molecule has 2 aromatic heterocycles. The average molecular weight is 477 g/mol. The van der Waals surface area contributed by atoms with Crippen LogP contribution in [-0.2, 0) is 0 Å². The fourth-order valence-corrected chi connectivity index (χ4v) is 5.09. The summed E-state index contributed by atoms with van der Waals surface area (Å²) in [6.45, 7) is 0. The average Bonchev–Trinajstić information content (AvgIpc) is 3.57. The molecule has 0 unspecified atom stereocenters. The molecule has 8 heteroatoms. The lowest BCUT2D eigenvalue weighted by Crippen LogP contribution is -1.87. The lowest BCUT2D eigenvalue weighted by atomic mass is 10.1. The fraction of sp³-hybridized carbons (Fsp3) is 0. The van der Waals surface area contributed by atoms with E-state index in [-0.39, 0.29) is 0 Å². The molecule has 2 heterocycles. The number of rotatable bonds is 6. The van der Waals surface area contributed by atoms with Crippen LogP contribution in [0.4, 0.5) is 11.4 Å². The van der Waals surface area contributed by atoms with Crippen LogP contribution in [0.5, 0.6) is 0 Å². The first-order valence-corrected chi connectivity index (χ1v) is 12.0. The van der Waals surface area contributed by atoms with Crippen molar-refractivity contribution in [3.8, 4) is 56.0 Å². The van der Waals surface area contributed by atoms with Gasteiger partial charge in [0.1, 0.15) is 10.0 Å². The number of thiazole rings is 2. The minimum absolute atomic E-state index is 0.756. The van der Waals surface area contributed by atoms with Crippen molar-refractivity contribution in [2.75, 3.05) is 10.6 Å². The normalized spacial score (nSPS) is 10.3. The van der Waals surface area contributed by atoms with Crippen LogP contribution < -0.4 is 10.6 Å². The second-order valence-electron chi connectivity index (χ2n) is 7.28. The Morgan fingerprint density at radius 1 is 0.588 bits per heavy atom. The standard InChI is InChI=1S/C26H16N6S2/c27-15-29-21-8-4-17(5-9-21)23-13-33-25(31-23)19-2-1-3-20(12-19)26-32-24(14-34-26)18-6-10-22(11-7-18)30-16-28/h1-14,29-30H.